The molecule has 0 aliphatic carbocycles. The molecule has 0 atom stereocenters. The Morgan fingerprint density at radius 1 is 0.867 bits per heavy atom. The predicted octanol–water partition coefficient (Wildman–Crippen LogP) is 5.98. The lowest BCUT2D eigenvalue weighted by atomic mass is 10.2. The number of rotatable bonds is 4. The highest BCUT2D eigenvalue weighted by atomic mass is 16.3. The van der Waals surface area contributed by atoms with Gasteiger partial charge in [0.1, 0.15) is 17.2 Å². The molecule has 0 saturated carbocycles. The topological polar surface area (TPSA) is 35.4 Å². The molecular weight excluding hydrogens is 370 g/mol. The van der Waals surface area contributed by atoms with Gasteiger partial charge in [-0.2, -0.15) is 0 Å². The first-order valence-corrected chi connectivity index (χ1v) is 10.2. The minimum absolute atomic E-state index is 0.722. The maximum atomic E-state index is 5.80. The average Bonchev–Trinajstić information content (AvgIpc) is 3.45. The van der Waals surface area contributed by atoms with Crippen molar-refractivity contribution in [2.24, 2.45) is 0 Å². The Kier molecular flexibility index (Phi) is 3.78. The Labute approximate surface area is 174 Å². The Morgan fingerprint density at radius 3 is 2.53 bits per heavy atom. The second-order valence-electron chi connectivity index (χ2n) is 7.83. The van der Waals surface area contributed by atoms with Gasteiger partial charge in [-0.05, 0) is 36.8 Å². The highest BCUT2D eigenvalue weighted by molar-refractivity contribution is 6.08. The van der Waals surface area contributed by atoms with Crippen molar-refractivity contribution < 1.29 is 4.42 Å². The zero-order chi connectivity index (χ0) is 20.1. The third-order valence-electron chi connectivity index (χ3n) is 5.81. The molecule has 4 aromatic heterocycles. The summed E-state index contributed by atoms with van der Waals surface area (Å²) < 4.78 is 10.4. The van der Waals surface area contributed by atoms with Crippen molar-refractivity contribution in [1.82, 2.24) is 14.0 Å². The highest BCUT2D eigenvalue weighted by Gasteiger charge is 2.14. The van der Waals surface area contributed by atoms with Crippen LogP contribution in [0.3, 0.4) is 0 Å². The molecule has 4 nitrogen and oxygen atoms in total. The first kappa shape index (κ1) is 17.1. The van der Waals surface area contributed by atoms with Crippen molar-refractivity contribution in [2.45, 2.75) is 19.9 Å². The SMILES string of the molecule is Cc1ccc(Cc2cnc3cc4c5ccccc5n(Cc5ccccc5)c4cn23)o1. The van der Waals surface area contributed by atoms with E-state index in [4.69, 9.17) is 4.42 Å². The van der Waals surface area contributed by atoms with Crippen LogP contribution in [0.1, 0.15) is 22.8 Å². The second kappa shape index (κ2) is 6.63. The van der Waals surface area contributed by atoms with E-state index in [1.807, 2.05) is 25.3 Å². The van der Waals surface area contributed by atoms with Gasteiger partial charge in [0.15, 0.2) is 0 Å². The number of aromatic nitrogens is 3. The molecule has 2 aromatic carbocycles. The van der Waals surface area contributed by atoms with Gasteiger partial charge in [-0.25, -0.2) is 4.98 Å². The molecule has 0 saturated heterocycles. The van der Waals surface area contributed by atoms with Crippen LogP contribution >= 0.6 is 0 Å². The van der Waals surface area contributed by atoms with Gasteiger partial charge in [0.2, 0.25) is 0 Å². The number of furan rings is 1. The molecule has 30 heavy (non-hydrogen) atoms. The lowest BCUT2D eigenvalue weighted by Gasteiger charge is -2.09. The fourth-order valence-electron chi connectivity index (χ4n) is 4.39. The average molecular weight is 391 g/mol. The van der Waals surface area contributed by atoms with Crippen LogP contribution < -0.4 is 0 Å². The maximum Gasteiger partial charge on any atom is 0.137 e. The first-order chi connectivity index (χ1) is 14.8. The standard InChI is InChI=1S/C26H21N3O/c1-18-11-12-21(30-18)13-20-15-27-26-14-23-22-9-5-6-10-24(22)29(25(23)17-28(20)26)16-19-7-3-2-4-8-19/h2-12,14-15,17H,13,16H2,1H3. The normalized spacial score (nSPS) is 11.8. The number of para-hydroxylation sites is 1. The fourth-order valence-corrected chi connectivity index (χ4v) is 4.39. The number of hydrogen-bond donors (Lipinski definition) is 0. The molecule has 146 valence electrons. The zero-order valence-electron chi connectivity index (χ0n) is 16.7. The van der Waals surface area contributed by atoms with Gasteiger partial charge in [0.25, 0.3) is 0 Å². The second-order valence-corrected chi connectivity index (χ2v) is 7.83. The van der Waals surface area contributed by atoms with E-state index < -0.39 is 0 Å². The third-order valence-corrected chi connectivity index (χ3v) is 5.81. The summed E-state index contributed by atoms with van der Waals surface area (Å²) in [5, 5.41) is 2.50. The molecule has 0 radical (unpaired) electrons. The minimum atomic E-state index is 0.722. The van der Waals surface area contributed by atoms with E-state index in [9.17, 15) is 0 Å². The van der Waals surface area contributed by atoms with Crippen molar-refractivity contribution >= 4 is 27.5 Å². The van der Waals surface area contributed by atoms with Crippen molar-refractivity contribution in [1.29, 1.82) is 0 Å². The summed E-state index contributed by atoms with van der Waals surface area (Å²) in [5.74, 6) is 1.89. The summed E-state index contributed by atoms with van der Waals surface area (Å²) in [6.07, 6.45) is 4.90. The van der Waals surface area contributed by atoms with Crippen LogP contribution in [0.25, 0.3) is 27.5 Å². The summed E-state index contributed by atoms with van der Waals surface area (Å²) in [6.45, 7) is 2.81. The van der Waals surface area contributed by atoms with Crippen molar-refractivity contribution in [3.8, 4) is 0 Å². The smallest absolute Gasteiger partial charge is 0.137 e. The molecule has 4 heterocycles. The molecule has 0 amide bonds. The van der Waals surface area contributed by atoms with E-state index in [-0.39, 0.29) is 0 Å². The zero-order valence-corrected chi connectivity index (χ0v) is 16.7. The molecule has 0 spiro atoms. The van der Waals surface area contributed by atoms with Crippen LogP contribution in [-0.4, -0.2) is 14.0 Å². The van der Waals surface area contributed by atoms with Crippen LogP contribution in [0.15, 0.2) is 89.6 Å². The van der Waals surface area contributed by atoms with E-state index in [0.717, 1.165) is 35.8 Å². The molecule has 6 aromatic rings. The van der Waals surface area contributed by atoms with Crippen molar-refractivity contribution in [3.63, 3.8) is 0 Å². The maximum absolute atomic E-state index is 5.80. The summed E-state index contributed by atoms with van der Waals surface area (Å²) >= 11 is 0. The number of hydrogen-bond acceptors (Lipinski definition) is 2. The van der Waals surface area contributed by atoms with Gasteiger partial charge in [0.05, 0.1) is 11.2 Å². The fraction of sp³-hybridized carbons (Fsp3) is 0.115. The van der Waals surface area contributed by atoms with Gasteiger partial charge >= 0.3 is 0 Å². The Balaban J connectivity index is 1.57. The van der Waals surface area contributed by atoms with Crippen LogP contribution in [0, 0.1) is 6.92 Å². The highest BCUT2D eigenvalue weighted by Crippen LogP contribution is 2.31. The number of imidazole rings is 1. The minimum Gasteiger partial charge on any atom is -0.466 e. The lowest BCUT2D eigenvalue weighted by Crippen LogP contribution is -2.01. The van der Waals surface area contributed by atoms with E-state index in [0.29, 0.717) is 0 Å². The summed E-state index contributed by atoms with van der Waals surface area (Å²) in [4.78, 5) is 4.68. The first-order valence-electron chi connectivity index (χ1n) is 10.2. The van der Waals surface area contributed by atoms with E-state index in [1.54, 1.807) is 0 Å². The number of benzene rings is 2. The van der Waals surface area contributed by atoms with Crippen molar-refractivity contribution in [2.75, 3.05) is 0 Å². The summed E-state index contributed by atoms with van der Waals surface area (Å²) in [6, 6.07) is 25.5. The van der Waals surface area contributed by atoms with Crippen LogP contribution in [0.4, 0.5) is 0 Å². The quantitative estimate of drug-likeness (QED) is 0.370. The molecule has 0 unspecified atom stereocenters. The third kappa shape index (κ3) is 2.72. The number of fused-ring (bicyclic) bond motifs is 4. The van der Waals surface area contributed by atoms with Gasteiger partial charge in [-0.3, -0.25) is 0 Å². The monoisotopic (exact) mass is 391 g/mol. The number of nitrogens with zero attached hydrogens (tertiary/aromatic N) is 3. The van der Waals surface area contributed by atoms with Crippen LogP contribution in [0.2, 0.25) is 0 Å². The largest absolute Gasteiger partial charge is 0.466 e. The van der Waals surface area contributed by atoms with Crippen molar-refractivity contribution in [3.05, 3.63) is 108 Å². The van der Waals surface area contributed by atoms with E-state index >= 15 is 0 Å². The Hall–Kier alpha value is -3.79. The molecule has 0 aliphatic rings. The molecule has 0 aliphatic heterocycles. The van der Waals surface area contributed by atoms with Gasteiger partial charge < -0.3 is 13.4 Å². The Bertz CT molecular complexity index is 1500. The predicted molar refractivity (Wildman–Crippen MR) is 120 cm³/mol. The molecule has 4 heteroatoms. The van der Waals surface area contributed by atoms with E-state index in [1.165, 1.54) is 27.4 Å². The number of pyridine rings is 1. The molecule has 0 fully saturated rings. The molecule has 0 N–H and O–H groups in total. The van der Waals surface area contributed by atoms with Gasteiger partial charge in [-0.15, -0.1) is 0 Å². The van der Waals surface area contributed by atoms with Crippen LogP contribution in [0.5, 0.6) is 0 Å². The van der Waals surface area contributed by atoms with E-state index in [2.05, 4.69) is 80.8 Å². The summed E-state index contributed by atoms with van der Waals surface area (Å²) in [7, 11) is 0. The van der Waals surface area contributed by atoms with Crippen LogP contribution in [-0.2, 0) is 13.0 Å². The number of aryl methyl sites for hydroxylation is 1. The van der Waals surface area contributed by atoms with Gasteiger partial charge in [0, 0.05) is 41.6 Å². The summed E-state index contributed by atoms with van der Waals surface area (Å²) in [5.41, 5.74) is 5.83. The lowest BCUT2D eigenvalue weighted by molar-refractivity contribution is 0.491. The molecular formula is C26H21N3O. The molecule has 6 rings (SSSR count). The van der Waals surface area contributed by atoms with Gasteiger partial charge in [-0.1, -0.05) is 48.5 Å². The molecule has 0 bridgehead atoms. The Morgan fingerprint density at radius 2 is 1.70 bits per heavy atom.